The van der Waals surface area contributed by atoms with E-state index in [2.05, 4.69) is 11.1 Å². The number of nitrogens with zero attached hydrogens (tertiary/aromatic N) is 1. The summed E-state index contributed by atoms with van der Waals surface area (Å²) in [5.41, 5.74) is 1.13. The van der Waals surface area contributed by atoms with Crippen LogP contribution in [0.3, 0.4) is 0 Å². The molecule has 1 nitrogen and oxygen atoms in total. The molecule has 0 aromatic heterocycles. The maximum Gasteiger partial charge on any atom is 0.173 e. The maximum absolute atomic E-state index is 3.79. The van der Waals surface area contributed by atoms with Crippen molar-refractivity contribution in [3.8, 4) is 0 Å². The SMILES string of the molecule is CC1=[C+]C=NC=C1. The van der Waals surface area contributed by atoms with Gasteiger partial charge in [0.25, 0.3) is 0 Å². The molecule has 0 aromatic carbocycles. The molecule has 0 bridgehead atoms. The minimum Gasteiger partial charge on any atom is -0.211 e. The van der Waals surface area contributed by atoms with E-state index in [1.807, 2.05) is 13.0 Å². The summed E-state index contributed by atoms with van der Waals surface area (Å²) >= 11 is 0. The van der Waals surface area contributed by atoms with Crippen molar-refractivity contribution >= 4 is 6.21 Å². The molecule has 0 atom stereocenters. The molecule has 0 fully saturated rings. The second-order valence-electron chi connectivity index (χ2n) is 1.42. The van der Waals surface area contributed by atoms with Crippen LogP contribution in [0.1, 0.15) is 6.92 Å². The lowest BCUT2D eigenvalue weighted by atomic mass is 10.3. The predicted molar refractivity (Wildman–Crippen MR) is 30.1 cm³/mol. The van der Waals surface area contributed by atoms with Crippen molar-refractivity contribution in [1.29, 1.82) is 0 Å². The smallest absolute Gasteiger partial charge is 0.173 e. The minimum absolute atomic E-state index is 1.13. The lowest BCUT2D eigenvalue weighted by Crippen LogP contribution is -1.75. The van der Waals surface area contributed by atoms with Crippen molar-refractivity contribution in [3.63, 3.8) is 0 Å². The molecule has 1 heteroatoms. The topological polar surface area (TPSA) is 12.4 Å². The third-order valence-electron chi connectivity index (χ3n) is 0.777. The molecular formula is C6H6N+. The van der Waals surface area contributed by atoms with Crippen molar-refractivity contribution in [2.45, 2.75) is 6.92 Å². The van der Waals surface area contributed by atoms with Gasteiger partial charge in [-0.3, -0.25) is 0 Å². The summed E-state index contributed by atoms with van der Waals surface area (Å²) < 4.78 is 0. The Morgan fingerprint density at radius 1 is 1.71 bits per heavy atom. The molecule has 0 amide bonds. The third-order valence-corrected chi connectivity index (χ3v) is 0.777. The van der Waals surface area contributed by atoms with Gasteiger partial charge < -0.3 is 0 Å². The van der Waals surface area contributed by atoms with Crippen LogP contribution in [0, 0.1) is 6.08 Å². The Labute approximate surface area is 43.1 Å². The Balaban J connectivity index is 2.82. The minimum atomic E-state index is 1.13. The van der Waals surface area contributed by atoms with Crippen LogP contribution in [0.25, 0.3) is 0 Å². The highest BCUT2D eigenvalue weighted by atomic mass is 14.7. The fourth-order valence-electron chi connectivity index (χ4n) is 0.385. The zero-order valence-corrected chi connectivity index (χ0v) is 4.18. The second kappa shape index (κ2) is 1.67. The van der Waals surface area contributed by atoms with Crippen LogP contribution in [0.5, 0.6) is 0 Å². The zero-order valence-electron chi connectivity index (χ0n) is 4.18. The van der Waals surface area contributed by atoms with Crippen LogP contribution < -0.4 is 0 Å². The van der Waals surface area contributed by atoms with Gasteiger partial charge in [0.05, 0.1) is 6.08 Å². The molecule has 0 spiro atoms. The highest BCUT2D eigenvalue weighted by molar-refractivity contribution is 5.69. The molecular weight excluding hydrogens is 86.1 g/mol. The second-order valence-corrected chi connectivity index (χ2v) is 1.42. The van der Waals surface area contributed by atoms with Crippen LogP contribution in [-0.2, 0) is 0 Å². The molecule has 34 valence electrons. The molecule has 1 rings (SSSR count). The van der Waals surface area contributed by atoms with Gasteiger partial charge in [0, 0.05) is 6.92 Å². The molecule has 1 heterocycles. The normalized spacial score (nSPS) is 15.9. The Bertz CT molecular complexity index is 140. The molecule has 0 saturated carbocycles. The Morgan fingerprint density at radius 2 is 2.57 bits per heavy atom. The van der Waals surface area contributed by atoms with Gasteiger partial charge in [0.15, 0.2) is 11.8 Å². The van der Waals surface area contributed by atoms with Crippen LogP contribution in [0.4, 0.5) is 0 Å². The van der Waals surface area contributed by atoms with Gasteiger partial charge in [0.1, 0.15) is 12.3 Å². The summed E-state index contributed by atoms with van der Waals surface area (Å²) in [6.07, 6.45) is 8.25. The van der Waals surface area contributed by atoms with E-state index in [-0.39, 0.29) is 0 Å². The summed E-state index contributed by atoms with van der Waals surface area (Å²) in [5.74, 6) is 0. The molecule has 0 aliphatic carbocycles. The Kier molecular flexibility index (Phi) is 1.01. The molecule has 0 aromatic rings. The average Bonchev–Trinajstić information content (AvgIpc) is 1.69. The molecule has 0 saturated heterocycles. The lowest BCUT2D eigenvalue weighted by Gasteiger charge is -1.75. The number of aliphatic imine (C=N–C) groups is 1. The van der Waals surface area contributed by atoms with Gasteiger partial charge in [-0.05, 0) is 0 Å². The van der Waals surface area contributed by atoms with E-state index in [4.69, 9.17) is 0 Å². The van der Waals surface area contributed by atoms with E-state index in [1.54, 1.807) is 12.4 Å². The van der Waals surface area contributed by atoms with Crippen molar-refractivity contribution in [2.24, 2.45) is 4.99 Å². The molecule has 7 heavy (non-hydrogen) atoms. The van der Waals surface area contributed by atoms with Crippen LogP contribution >= 0.6 is 0 Å². The summed E-state index contributed by atoms with van der Waals surface area (Å²) in [6, 6.07) is 0. The van der Waals surface area contributed by atoms with Crippen molar-refractivity contribution in [1.82, 2.24) is 0 Å². The highest BCUT2D eigenvalue weighted by Crippen LogP contribution is 1.95. The highest BCUT2D eigenvalue weighted by Gasteiger charge is 1.94. The number of hydrogen-bond acceptors (Lipinski definition) is 1. The number of rotatable bonds is 0. The summed E-state index contributed by atoms with van der Waals surface area (Å²) in [5, 5.41) is 0. The zero-order chi connectivity index (χ0) is 5.11. The fourth-order valence-corrected chi connectivity index (χ4v) is 0.385. The van der Waals surface area contributed by atoms with Gasteiger partial charge in [-0.25, -0.2) is 4.99 Å². The molecule has 0 unspecified atom stereocenters. The largest absolute Gasteiger partial charge is 0.211 e. The third kappa shape index (κ3) is 0.951. The van der Waals surface area contributed by atoms with E-state index < -0.39 is 0 Å². The first kappa shape index (κ1) is 4.23. The summed E-state index contributed by atoms with van der Waals surface area (Å²) in [4.78, 5) is 3.79. The van der Waals surface area contributed by atoms with Crippen molar-refractivity contribution in [3.05, 3.63) is 23.9 Å². The van der Waals surface area contributed by atoms with Gasteiger partial charge in [-0.15, -0.1) is 0 Å². The fraction of sp³-hybridized carbons (Fsp3) is 0.167. The van der Waals surface area contributed by atoms with E-state index >= 15 is 0 Å². The van der Waals surface area contributed by atoms with E-state index in [1.165, 1.54) is 0 Å². The van der Waals surface area contributed by atoms with Gasteiger partial charge >= 0.3 is 0 Å². The Hall–Kier alpha value is -0.940. The van der Waals surface area contributed by atoms with E-state index in [9.17, 15) is 0 Å². The molecule has 0 radical (unpaired) electrons. The monoisotopic (exact) mass is 92.0 g/mol. The first-order valence-corrected chi connectivity index (χ1v) is 2.18. The summed E-state index contributed by atoms with van der Waals surface area (Å²) in [6.45, 7) is 1.99. The molecule has 1 aliphatic heterocycles. The van der Waals surface area contributed by atoms with Gasteiger partial charge in [-0.1, -0.05) is 0 Å². The quantitative estimate of drug-likeness (QED) is 0.400. The standard InChI is InChI=1S/C6H6N/c1-6-2-4-7-5-3-6/h2,4-5H,1H3/q+1. The first-order chi connectivity index (χ1) is 3.39. The lowest BCUT2D eigenvalue weighted by molar-refractivity contribution is 1.44. The average molecular weight is 92.1 g/mol. The summed E-state index contributed by atoms with van der Waals surface area (Å²) in [7, 11) is 0. The maximum atomic E-state index is 3.79. The number of allylic oxidation sites excluding steroid dienone is 3. The number of hydrogen-bond donors (Lipinski definition) is 0. The Morgan fingerprint density at radius 3 is 2.86 bits per heavy atom. The van der Waals surface area contributed by atoms with Gasteiger partial charge in [-0.2, -0.15) is 0 Å². The van der Waals surface area contributed by atoms with Crippen LogP contribution in [-0.4, -0.2) is 6.21 Å². The first-order valence-electron chi connectivity index (χ1n) is 2.18. The van der Waals surface area contributed by atoms with Crippen LogP contribution in [0.2, 0.25) is 0 Å². The van der Waals surface area contributed by atoms with Gasteiger partial charge in [0.2, 0.25) is 0 Å². The van der Waals surface area contributed by atoms with Crippen LogP contribution in [0.15, 0.2) is 22.8 Å². The van der Waals surface area contributed by atoms with E-state index in [0.717, 1.165) is 5.57 Å². The predicted octanol–water partition coefficient (Wildman–Crippen LogP) is 1.33. The molecule has 1 aliphatic rings. The van der Waals surface area contributed by atoms with Crippen molar-refractivity contribution < 1.29 is 0 Å². The molecule has 0 N–H and O–H groups in total. The van der Waals surface area contributed by atoms with E-state index in [0.29, 0.717) is 0 Å². The van der Waals surface area contributed by atoms with Crippen molar-refractivity contribution in [2.75, 3.05) is 0 Å².